The summed E-state index contributed by atoms with van der Waals surface area (Å²) < 4.78 is 22.8. The van der Waals surface area contributed by atoms with E-state index in [2.05, 4.69) is 5.10 Å². The number of aromatic amines is 1. The molecule has 1 N–H and O–H groups in total. The lowest BCUT2D eigenvalue weighted by atomic mass is 10.1. The van der Waals surface area contributed by atoms with Gasteiger partial charge in [0, 0.05) is 12.5 Å². The number of thiazole rings is 1. The average molecular weight is 392 g/mol. The molecule has 9 heteroatoms. The van der Waals surface area contributed by atoms with Crippen LogP contribution in [-0.4, -0.2) is 43.5 Å². The van der Waals surface area contributed by atoms with Crippen molar-refractivity contribution in [3.63, 3.8) is 0 Å². The van der Waals surface area contributed by atoms with Crippen molar-refractivity contribution in [1.82, 2.24) is 9.61 Å². The molecular formula is C18H20N2O6S. The van der Waals surface area contributed by atoms with E-state index in [9.17, 15) is 9.59 Å². The number of ether oxygens (including phenoxy) is 4. The molecule has 0 fully saturated rings. The maximum absolute atomic E-state index is 12.3. The number of H-pyrrole nitrogens is 1. The number of esters is 1. The second-order valence-electron chi connectivity index (χ2n) is 5.61. The summed E-state index contributed by atoms with van der Waals surface area (Å²) in [6.45, 7) is 2.28. The Kier molecular flexibility index (Phi) is 5.52. The van der Waals surface area contributed by atoms with Gasteiger partial charge in [-0.25, -0.2) is 9.31 Å². The van der Waals surface area contributed by atoms with Crippen molar-refractivity contribution in [2.75, 3.05) is 27.9 Å². The van der Waals surface area contributed by atoms with E-state index in [0.717, 1.165) is 5.56 Å². The number of hydrogen-bond acceptors (Lipinski definition) is 7. The van der Waals surface area contributed by atoms with Gasteiger partial charge < -0.3 is 18.9 Å². The van der Waals surface area contributed by atoms with E-state index < -0.39 is 11.5 Å². The van der Waals surface area contributed by atoms with Gasteiger partial charge in [-0.05, 0) is 24.6 Å². The second-order valence-corrected chi connectivity index (χ2v) is 6.46. The van der Waals surface area contributed by atoms with Gasteiger partial charge in [-0.1, -0.05) is 0 Å². The van der Waals surface area contributed by atoms with Crippen molar-refractivity contribution in [2.45, 2.75) is 13.5 Å². The number of nitrogens with one attached hydrogen (secondary N) is 1. The Morgan fingerprint density at radius 3 is 2.41 bits per heavy atom. The van der Waals surface area contributed by atoms with Gasteiger partial charge in [0.15, 0.2) is 5.56 Å². The highest BCUT2D eigenvalue weighted by atomic mass is 32.1. The van der Waals surface area contributed by atoms with E-state index in [0.29, 0.717) is 34.2 Å². The summed E-state index contributed by atoms with van der Waals surface area (Å²) in [5.74, 6) is 0.477. The SMILES string of the molecule is CCOC(=O)c1c(=O)[nH]n2c(-c3c(OC)cc(COC)cc3OC)csc12. The molecule has 3 aromatic rings. The normalized spacial score (nSPS) is 11.0. The number of aromatic nitrogens is 2. The second kappa shape index (κ2) is 7.85. The van der Waals surface area contributed by atoms with Crippen LogP contribution in [0.2, 0.25) is 0 Å². The summed E-state index contributed by atoms with van der Waals surface area (Å²) in [7, 11) is 4.72. The first-order valence-electron chi connectivity index (χ1n) is 8.19. The highest BCUT2D eigenvalue weighted by Gasteiger charge is 2.25. The van der Waals surface area contributed by atoms with Crippen LogP contribution < -0.4 is 15.0 Å². The predicted octanol–water partition coefficient (Wildman–Crippen LogP) is 2.70. The largest absolute Gasteiger partial charge is 0.496 e. The summed E-state index contributed by atoms with van der Waals surface area (Å²) in [5, 5.41) is 4.51. The fourth-order valence-electron chi connectivity index (χ4n) is 2.89. The summed E-state index contributed by atoms with van der Waals surface area (Å²) in [5.41, 5.74) is 1.67. The first-order valence-corrected chi connectivity index (χ1v) is 9.07. The van der Waals surface area contributed by atoms with Crippen LogP contribution >= 0.6 is 11.3 Å². The van der Waals surface area contributed by atoms with E-state index in [1.54, 1.807) is 32.8 Å². The lowest BCUT2D eigenvalue weighted by molar-refractivity contribution is 0.0527. The maximum Gasteiger partial charge on any atom is 0.346 e. The van der Waals surface area contributed by atoms with Gasteiger partial charge in [-0.2, -0.15) is 0 Å². The van der Waals surface area contributed by atoms with E-state index in [1.165, 1.54) is 11.3 Å². The van der Waals surface area contributed by atoms with E-state index in [-0.39, 0.29) is 12.2 Å². The molecule has 0 unspecified atom stereocenters. The van der Waals surface area contributed by atoms with Crippen LogP contribution in [0.1, 0.15) is 22.8 Å². The molecule has 0 saturated heterocycles. The van der Waals surface area contributed by atoms with Crippen LogP contribution in [0, 0.1) is 0 Å². The highest BCUT2D eigenvalue weighted by molar-refractivity contribution is 7.16. The Hall–Kier alpha value is -2.78. The molecular weight excluding hydrogens is 372 g/mol. The topological polar surface area (TPSA) is 91.3 Å². The fourth-order valence-corrected chi connectivity index (χ4v) is 3.88. The third kappa shape index (κ3) is 3.31. The van der Waals surface area contributed by atoms with Crippen LogP contribution in [-0.2, 0) is 16.1 Å². The van der Waals surface area contributed by atoms with Crippen molar-refractivity contribution in [1.29, 1.82) is 0 Å². The fraction of sp³-hybridized carbons (Fsp3) is 0.333. The Balaban J connectivity index is 2.23. The molecule has 1 aromatic carbocycles. The molecule has 0 aliphatic carbocycles. The standard InChI is InChI=1S/C18H20N2O6S/c1-5-26-18(22)15-16(21)19-20-11(9-27-17(15)20)14-12(24-3)6-10(8-23-2)7-13(14)25-4/h6-7,9H,5,8H2,1-4H3,(H,19,21). The van der Waals surface area contributed by atoms with Crippen LogP contribution in [0.4, 0.5) is 0 Å². The molecule has 27 heavy (non-hydrogen) atoms. The molecule has 144 valence electrons. The van der Waals surface area contributed by atoms with Crippen molar-refractivity contribution in [3.05, 3.63) is 39.0 Å². The van der Waals surface area contributed by atoms with Crippen LogP contribution in [0.5, 0.6) is 11.5 Å². The number of hydrogen-bond donors (Lipinski definition) is 1. The molecule has 3 rings (SSSR count). The molecule has 0 amide bonds. The number of nitrogens with zero attached hydrogens (tertiary/aromatic N) is 1. The first kappa shape index (κ1) is 19.0. The molecule has 2 heterocycles. The van der Waals surface area contributed by atoms with Crippen molar-refractivity contribution in [2.24, 2.45) is 0 Å². The Morgan fingerprint density at radius 1 is 1.19 bits per heavy atom. The van der Waals surface area contributed by atoms with E-state index >= 15 is 0 Å². The van der Waals surface area contributed by atoms with E-state index in [4.69, 9.17) is 18.9 Å². The number of methoxy groups -OCH3 is 3. The number of fused-ring (bicyclic) bond motifs is 1. The molecule has 0 aliphatic rings. The summed E-state index contributed by atoms with van der Waals surface area (Å²) in [6.07, 6.45) is 0. The monoisotopic (exact) mass is 392 g/mol. The van der Waals surface area contributed by atoms with Gasteiger partial charge in [0.05, 0.1) is 38.7 Å². The van der Waals surface area contributed by atoms with Crippen LogP contribution in [0.3, 0.4) is 0 Å². The smallest absolute Gasteiger partial charge is 0.346 e. The minimum atomic E-state index is -0.649. The van der Waals surface area contributed by atoms with Crippen molar-refractivity contribution < 1.29 is 23.7 Å². The number of carbonyl (C=O) groups excluding carboxylic acids is 1. The van der Waals surface area contributed by atoms with Crippen LogP contribution in [0.15, 0.2) is 22.3 Å². The minimum absolute atomic E-state index is 0.0120. The van der Waals surface area contributed by atoms with Gasteiger partial charge in [0.1, 0.15) is 16.3 Å². The molecule has 0 spiro atoms. The summed E-state index contributed by atoms with van der Waals surface area (Å²) in [6, 6.07) is 3.69. The summed E-state index contributed by atoms with van der Waals surface area (Å²) >= 11 is 1.26. The molecule has 0 radical (unpaired) electrons. The molecule has 0 bridgehead atoms. The van der Waals surface area contributed by atoms with Gasteiger partial charge >= 0.3 is 5.97 Å². The zero-order valence-corrected chi connectivity index (χ0v) is 16.3. The molecule has 8 nitrogen and oxygen atoms in total. The lowest BCUT2D eigenvalue weighted by Gasteiger charge is -2.14. The molecule has 2 aromatic heterocycles. The van der Waals surface area contributed by atoms with Gasteiger partial charge in [0.25, 0.3) is 5.56 Å². The predicted molar refractivity (Wildman–Crippen MR) is 101 cm³/mol. The van der Waals surface area contributed by atoms with E-state index in [1.807, 2.05) is 17.5 Å². The third-order valence-corrected chi connectivity index (χ3v) is 4.94. The zero-order chi connectivity index (χ0) is 19.6. The molecule has 0 saturated carbocycles. The number of carbonyl (C=O) groups is 1. The first-order chi connectivity index (χ1) is 13.0. The maximum atomic E-state index is 12.3. The quantitative estimate of drug-likeness (QED) is 0.622. The lowest BCUT2D eigenvalue weighted by Crippen LogP contribution is -2.15. The third-order valence-electron chi connectivity index (χ3n) is 3.99. The van der Waals surface area contributed by atoms with Gasteiger partial charge in [0.2, 0.25) is 0 Å². The van der Waals surface area contributed by atoms with Gasteiger partial charge in [-0.15, -0.1) is 11.3 Å². The van der Waals surface area contributed by atoms with Crippen molar-refractivity contribution in [3.8, 4) is 22.8 Å². The molecule has 0 atom stereocenters. The van der Waals surface area contributed by atoms with Crippen LogP contribution in [0.25, 0.3) is 16.1 Å². The highest BCUT2D eigenvalue weighted by Crippen LogP contribution is 2.41. The Morgan fingerprint density at radius 2 is 1.85 bits per heavy atom. The Bertz CT molecular complexity index is 1010. The molecule has 0 aliphatic heterocycles. The number of benzene rings is 1. The average Bonchev–Trinajstić information content (AvgIpc) is 3.19. The zero-order valence-electron chi connectivity index (χ0n) is 15.5. The van der Waals surface area contributed by atoms with Crippen molar-refractivity contribution >= 4 is 22.1 Å². The number of rotatable bonds is 7. The summed E-state index contributed by atoms with van der Waals surface area (Å²) in [4.78, 5) is 24.9. The Labute approximate surface area is 159 Å². The minimum Gasteiger partial charge on any atom is -0.496 e. The van der Waals surface area contributed by atoms with Gasteiger partial charge in [-0.3, -0.25) is 9.89 Å².